The molecule has 0 saturated carbocycles. The molecule has 36 heavy (non-hydrogen) atoms. The molecule has 0 fully saturated rings. The smallest absolute Gasteiger partial charge is 0.408 e. The van der Waals surface area contributed by atoms with E-state index in [9.17, 15) is 14.4 Å². The molecular formula is C25H39N5O6. The molecule has 2 aromatic heterocycles. The van der Waals surface area contributed by atoms with Crippen LogP contribution in [0.25, 0.3) is 0 Å². The third kappa shape index (κ3) is 6.64. The highest BCUT2D eigenvalue weighted by Gasteiger charge is 2.32. The molecule has 2 heterocycles. The maximum Gasteiger partial charge on any atom is 0.408 e. The van der Waals surface area contributed by atoms with Gasteiger partial charge in [-0.2, -0.15) is 0 Å². The van der Waals surface area contributed by atoms with Crippen LogP contribution in [0.5, 0.6) is 0 Å². The van der Waals surface area contributed by atoms with Crippen LogP contribution in [-0.2, 0) is 16.5 Å². The summed E-state index contributed by atoms with van der Waals surface area (Å²) in [6, 6.07) is -1.09. The van der Waals surface area contributed by atoms with Crippen molar-refractivity contribution >= 4 is 18.0 Å². The Morgan fingerprint density at radius 1 is 0.944 bits per heavy atom. The first-order chi connectivity index (χ1) is 16.6. The molecule has 11 heteroatoms. The number of aryl methyl sites for hydroxylation is 1. The molecule has 0 spiro atoms. The number of imidazole rings is 1. The number of aromatic nitrogens is 3. The van der Waals surface area contributed by atoms with Crippen LogP contribution in [0.1, 0.15) is 105 Å². The molecule has 0 bridgehead atoms. The van der Waals surface area contributed by atoms with Crippen molar-refractivity contribution < 1.29 is 28.3 Å². The molecular weight excluding hydrogens is 466 g/mol. The second-order valence-electron chi connectivity index (χ2n) is 10.5. The molecule has 11 nitrogen and oxygen atoms in total. The number of nitrogens with one attached hydrogen (secondary N) is 2. The molecule has 0 aliphatic heterocycles. The molecule has 200 valence electrons. The standard InChI is InChI=1S/C25H39N5O6/c1-12(2)16(29-24(33)36-25(7,8)9)20-26-18(14(5)30(20)10)21(31)27-17(13(3)4)22-28-19(15(6)35-22)23(32)34-11/h12-13,16-17H,1-11H3,(H,27,31)(H,29,33)/t16-,17-/m0/s1. The quantitative estimate of drug-likeness (QED) is 0.510. The largest absolute Gasteiger partial charge is 0.464 e. The summed E-state index contributed by atoms with van der Waals surface area (Å²) < 4.78 is 17.6. The number of oxazole rings is 1. The number of nitrogens with zero attached hydrogens (tertiary/aromatic N) is 3. The number of alkyl carbamates (subject to hydrolysis) is 1. The Morgan fingerprint density at radius 2 is 1.53 bits per heavy atom. The van der Waals surface area contributed by atoms with Crippen molar-refractivity contribution in [1.29, 1.82) is 0 Å². The fourth-order valence-corrected chi connectivity index (χ4v) is 3.62. The van der Waals surface area contributed by atoms with E-state index >= 15 is 0 Å². The van der Waals surface area contributed by atoms with E-state index in [0.717, 1.165) is 0 Å². The third-order valence-corrected chi connectivity index (χ3v) is 5.66. The van der Waals surface area contributed by atoms with E-state index < -0.39 is 35.7 Å². The monoisotopic (exact) mass is 505 g/mol. The van der Waals surface area contributed by atoms with E-state index in [1.807, 2.05) is 27.7 Å². The number of ether oxygens (including phenoxy) is 2. The van der Waals surface area contributed by atoms with Crippen molar-refractivity contribution in [2.75, 3.05) is 7.11 Å². The van der Waals surface area contributed by atoms with Gasteiger partial charge < -0.3 is 29.1 Å². The number of rotatable bonds is 8. The lowest BCUT2D eigenvalue weighted by Crippen LogP contribution is -2.38. The first-order valence-electron chi connectivity index (χ1n) is 12.0. The van der Waals surface area contributed by atoms with Crippen LogP contribution in [0, 0.1) is 25.7 Å². The van der Waals surface area contributed by atoms with Gasteiger partial charge in [0, 0.05) is 12.7 Å². The Balaban J connectivity index is 2.35. The Kier molecular flexibility index (Phi) is 8.93. The zero-order valence-electron chi connectivity index (χ0n) is 23.1. The zero-order valence-corrected chi connectivity index (χ0v) is 23.1. The highest BCUT2D eigenvalue weighted by molar-refractivity contribution is 5.94. The summed E-state index contributed by atoms with van der Waals surface area (Å²) in [6.07, 6.45) is -0.562. The average molecular weight is 506 g/mol. The molecule has 2 aromatic rings. The Hall–Kier alpha value is -3.37. The van der Waals surface area contributed by atoms with Gasteiger partial charge >= 0.3 is 12.1 Å². The summed E-state index contributed by atoms with van der Waals surface area (Å²) in [4.78, 5) is 46.6. The van der Waals surface area contributed by atoms with Gasteiger partial charge in [0.25, 0.3) is 5.91 Å². The maximum absolute atomic E-state index is 13.3. The maximum atomic E-state index is 13.3. The molecule has 0 aliphatic carbocycles. The molecule has 2 rings (SSSR count). The van der Waals surface area contributed by atoms with Crippen LogP contribution >= 0.6 is 0 Å². The molecule has 2 atom stereocenters. The SMILES string of the molecule is COC(=O)c1nc([C@@H](NC(=O)c2nc([C@@H](NC(=O)OC(C)(C)C)C(C)C)n(C)c2C)C(C)C)oc1C. The summed E-state index contributed by atoms with van der Waals surface area (Å²) in [5.74, 6) is -0.123. The number of esters is 1. The van der Waals surface area contributed by atoms with Crippen LogP contribution in [0.2, 0.25) is 0 Å². The summed E-state index contributed by atoms with van der Waals surface area (Å²) in [6.45, 7) is 16.5. The topological polar surface area (TPSA) is 138 Å². The van der Waals surface area contributed by atoms with Crippen LogP contribution in [-0.4, -0.2) is 45.2 Å². The fraction of sp³-hybridized carbons (Fsp3) is 0.640. The number of carbonyl (C=O) groups is 3. The predicted molar refractivity (Wildman–Crippen MR) is 133 cm³/mol. The lowest BCUT2D eigenvalue weighted by Gasteiger charge is -2.25. The van der Waals surface area contributed by atoms with Crippen molar-refractivity contribution in [3.8, 4) is 0 Å². The van der Waals surface area contributed by atoms with Gasteiger partial charge in [0.05, 0.1) is 13.2 Å². The minimum Gasteiger partial charge on any atom is -0.464 e. The van der Waals surface area contributed by atoms with Gasteiger partial charge in [-0.15, -0.1) is 0 Å². The summed E-state index contributed by atoms with van der Waals surface area (Å²) >= 11 is 0. The van der Waals surface area contributed by atoms with Gasteiger partial charge in [-0.3, -0.25) is 4.79 Å². The number of carbonyl (C=O) groups excluding carboxylic acids is 3. The summed E-state index contributed by atoms with van der Waals surface area (Å²) in [7, 11) is 3.06. The highest BCUT2D eigenvalue weighted by atomic mass is 16.6. The molecule has 0 saturated heterocycles. The van der Waals surface area contributed by atoms with Gasteiger partial charge in [0.1, 0.15) is 28.9 Å². The lowest BCUT2D eigenvalue weighted by molar-refractivity contribution is 0.0484. The Bertz CT molecular complexity index is 1110. The lowest BCUT2D eigenvalue weighted by atomic mass is 10.0. The van der Waals surface area contributed by atoms with E-state index in [4.69, 9.17) is 13.9 Å². The van der Waals surface area contributed by atoms with E-state index in [1.54, 1.807) is 46.2 Å². The average Bonchev–Trinajstić information content (AvgIpc) is 3.28. The van der Waals surface area contributed by atoms with E-state index in [1.165, 1.54) is 7.11 Å². The first kappa shape index (κ1) is 28.9. The van der Waals surface area contributed by atoms with Gasteiger partial charge in [-0.1, -0.05) is 27.7 Å². The molecule has 0 unspecified atom stereocenters. The normalized spacial score (nSPS) is 13.5. The van der Waals surface area contributed by atoms with Crippen molar-refractivity contribution in [2.24, 2.45) is 18.9 Å². The number of amides is 2. The van der Waals surface area contributed by atoms with Gasteiger partial charge in [-0.25, -0.2) is 19.6 Å². The third-order valence-electron chi connectivity index (χ3n) is 5.66. The van der Waals surface area contributed by atoms with Crippen LogP contribution in [0.4, 0.5) is 4.79 Å². The molecule has 0 radical (unpaired) electrons. The van der Waals surface area contributed by atoms with Crippen LogP contribution < -0.4 is 10.6 Å². The van der Waals surface area contributed by atoms with Crippen molar-refractivity contribution in [1.82, 2.24) is 25.2 Å². The minimum atomic E-state index is -0.647. The van der Waals surface area contributed by atoms with Crippen LogP contribution in [0.3, 0.4) is 0 Å². The number of hydrogen-bond acceptors (Lipinski definition) is 8. The zero-order chi connectivity index (χ0) is 27.5. The van der Waals surface area contributed by atoms with Gasteiger partial charge in [0.15, 0.2) is 5.69 Å². The molecule has 0 aliphatic rings. The summed E-state index contributed by atoms with van der Waals surface area (Å²) in [5.41, 5.74) is 0.259. The second-order valence-corrected chi connectivity index (χ2v) is 10.5. The van der Waals surface area contributed by atoms with E-state index in [-0.39, 0.29) is 29.1 Å². The predicted octanol–water partition coefficient (Wildman–Crippen LogP) is 4.16. The van der Waals surface area contributed by atoms with Crippen molar-refractivity contribution in [3.05, 3.63) is 34.6 Å². The molecule has 2 amide bonds. The van der Waals surface area contributed by atoms with Gasteiger partial charge in [0.2, 0.25) is 5.89 Å². The molecule has 0 aromatic carbocycles. The van der Waals surface area contributed by atoms with Crippen molar-refractivity contribution in [2.45, 2.75) is 80.0 Å². The van der Waals surface area contributed by atoms with Crippen molar-refractivity contribution in [3.63, 3.8) is 0 Å². The second kappa shape index (κ2) is 11.1. The minimum absolute atomic E-state index is 0.0237. The summed E-state index contributed by atoms with van der Waals surface area (Å²) in [5, 5.41) is 5.81. The highest BCUT2D eigenvalue weighted by Crippen LogP contribution is 2.27. The van der Waals surface area contributed by atoms with Crippen LogP contribution in [0.15, 0.2) is 4.42 Å². The number of hydrogen-bond donors (Lipinski definition) is 2. The molecule has 2 N–H and O–H groups in total. The Labute approximate surface area is 212 Å². The number of methoxy groups -OCH3 is 1. The van der Waals surface area contributed by atoms with E-state index in [2.05, 4.69) is 20.6 Å². The van der Waals surface area contributed by atoms with E-state index in [0.29, 0.717) is 17.3 Å². The fourth-order valence-electron chi connectivity index (χ4n) is 3.62. The van der Waals surface area contributed by atoms with Gasteiger partial charge in [-0.05, 0) is 46.5 Å². The first-order valence-corrected chi connectivity index (χ1v) is 12.0. The Morgan fingerprint density at radius 3 is 2.03 bits per heavy atom.